The van der Waals surface area contributed by atoms with Crippen molar-refractivity contribution in [3.8, 4) is 0 Å². The molecule has 0 spiro atoms. The molecule has 2 N–H and O–H groups in total. The van der Waals surface area contributed by atoms with Gasteiger partial charge in [-0.15, -0.1) is 0 Å². The van der Waals surface area contributed by atoms with Gasteiger partial charge in [-0.25, -0.2) is 0 Å². The fraction of sp³-hybridized carbons (Fsp3) is 1.00. The van der Waals surface area contributed by atoms with Crippen LogP contribution < -0.4 is 0 Å². The van der Waals surface area contributed by atoms with Gasteiger partial charge in [-0.05, 0) is 17.8 Å². The lowest BCUT2D eigenvalue weighted by Crippen LogP contribution is -2.51. The van der Waals surface area contributed by atoms with E-state index in [2.05, 4.69) is 20.8 Å². The van der Waals surface area contributed by atoms with E-state index in [0.717, 1.165) is 6.42 Å². The standard InChI is InChI=1S/C8H16O2/c1-8(2,3)5-4-6(9)7(5)10/h5-7,9-10H,4H2,1-3H3. The molecular formula is C8H16O2. The second-order valence-electron chi connectivity index (χ2n) is 4.27. The lowest BCUT2D eigenvalue weighted by molar-refractivity contribution is -0.137. The summed E-state index contributed by atoms with van der Waals surface area (Å²) in [6.07, 6.45) is -0.200. The van der Waals surface area contributed by atoms with E-state index in [9.17, 15) is 5.11 Å². The van der Waals surface area contributed by atoms with Gasteiger partial charge >= 0.3 is 0 Å². The normalized spacial score (nSPS) is 41.1. The summed E-state index contributed by atoms with van der Waals surface area (Å²) in [7, 11) is 0. The summed E-state index contributed by atoms with van der Waals surface area (Å²) in [6.45, 7) is 6.27. The fourth-order valence-electron chi connectivity index (χ4n) is 1.48. The van der Waals surface area contributed by atoms with Gasteiger partial charge in [0.15, 0.2) is 0 Å². The molecule has 1 rings (SSSR count). The van der Waals surface area contributed by atoms with Crippen molar-refractivity contribution in [2.24, 2.45) is 11.3 Å². The van der Waals surface area contributed by atoms with Crippen LogP contribution in [0.15, 0.2) is 0 Å². The van der Waals surface area contributed by atoms with Crippen LogP contribution in [-0.4, -0.2) is 22.4 Å². The summed E-state index contributed by atoms with van der Waals surface area (Å²) in [5.74, 6) is 0.280. The van der Waals surface area contributed by atoms with E-state index in [1.165, 1.54) is 0 Å². The Morgan fingerprint density at radius 1 is 1.20 bits per heavy atom. The summed E-state index contributed by atoms with van der Waals surface area (Å²) < 4.78 is 0. The molecule has 1 fully saturated rings. The van der Waals surface area contributed by atoms with Gasteiger partial charge in [0.05, 0.1) is 12.2 Å². The maximum atomic E-state index is 9.26. The maximum absolute atomic E-state index is 9.26. The first-order chi connectivity index (χ1) is 4.43. The van der Waals surface area contributed by atoms with E-state index in [1.807, 2.05) is 0 Å². The van der Waals surface area contributed by atoms with Gasteiger partial charge in [-0.1, -0.05) is 20.8 Å². The predicted octanol–water partition coefficient (Wildman–Crippen LogP) is 0.774. The molecule has 10 heavy (non-hydrogen) atoms. The van der Waals surface area contributed by atoms with Gasteiger partial charge < -0.3 is 10.2 Å². The Bertz CT molecular complexity index is 126. The summed E-state index contributed by atoms with van der Waals surface area (Å²) in [4.78, 5) is 0. The van der Waals surface area contributed by atoms with Crippen molar-refractivity contribution in [1.82, 2.24) is 0 Å². The van der Waals surface area contributed by atoms with Crippen LogP contribution in [0.4, 0.5) is 0 Å². The molecule has 1 saturated carbocycles. The summed E-state index contributed by atoms with van der Waals surface area (Å²) in [5, 5.41) is 18.3. The third-order valence-electron chi connectivity index (χ3n) is 2.41. The molecule has 0 saturated heterocycles. The maximum Gasteiger partial charge on any atom is 0.0833 e. The SMILES string of the molecule is CC(C)(C)C1CC(O)C1O. The van der Waals surface area contributed by atoms with Crippen molar-refractivity contribution in [3.05, 3.63) is 0 Å². The van der Waals surface area contributed by atoms with Crippen molar-refractivity contribution in [2.75, 3.05) is 0 Å². The average Bonchev–Trinajstić information content (AvgIpc) is 1.79. The first kappa shape index (κ1) is 8.02. The first-order valence-corrected chi connectivity index (χ1v) is 3.79. The number of hydrogen-bond donors (Lipinski definition) is 2. The van der Waals surface area contributed by atoms with Gasteiger partial charge in [0, 0.05) is 0 Å². The lowest BCUT2D eigenvalue weighted by Gasteiger charge is -2.45. The molecule has 0 amide bonds. The molecule has 60 valence electrons. The van der Waals surface area contributed by atoms with Crippen LogP contribution >= 0.6 is 0 Å². The summed E-state index contributed by atoms with van der Waals surface area (Å²) in [5.41, 5.74) is 0.138. The highest BCUT2D eigenvalue weighted by atomic mass is 16.3. The Balaban J connectivity index is 2.48. The van der Waals surface area contributed by atoms with Crippen molar-refractivity contribution in [2.45, 2.75) is 39.4 Å². The van der Waals surface area contributed by atoms with E-state index < -0.39 is 12.2 Å². The zero-order valence-corrected chi connectivity index (χ0v) is 6.83. The van der Waals surface area contributed by atoms with E-state index in [0.29, 0.717) is 0 Å². The molecule has 0 radical (unpaired) electrons. The average molecular weight is 144 g/mol. The molecule has 2 heteroatoms. The second-order valence-corrected chi connectivity index (χ2v) is 4.27. The third-order valence-corrected chi connectivity index (χ3v) is 2.41. The Kier molecular flexibility index (Phi) is 1.77. The molecule has 0 bridgehead atoms. The highest BCUT2D eigenvalue weighted by molar-refractivity contribution is 4.94. The van der Waals surface area contributed by atoms with Crippen LogP contribution in [0.5, 0.6) is 0 Å². The van der Waals surface area contributed by atoms with E-state index in [4.69, 9.17) is 5.11 Å². The molecule has 0 aliphatic heterocycles. The smallest absolute Gasteiger partial charge is 0.0833 e. The number of hydrogen-bond acceptors (Lipinski definition) is 2. The lowest BCUT2D eigenvalue weighted by atomic mass is 9.65. The molecule has 3 unspecified atom stereocenters. The van der Waals surface area contributed by atoms with Gasteiger partial charge in [0.25, 0.3) is 0 Å². The molecule has 0 aromatic carbocycles. The van der Waals surface area contributed by atoms with Gasteiger partial charge in [-0.3, -0.25) is 0 Å². The van der Waals surface area contributed by atoms with Crippen molar-refractivity contribution < 1.29 is 10.2 Å². The van der Waals surface area contributed by atoms with Crippen molar-refractivity contribution in [3.63, 3.8) is 0 Å². The Morgan fingerprint density at radius 3 is 1.80 bits per heavy atom. The molecule has 1 aliphatic carbocycles. The largest absolute Gasteiger partial charge is 0.390 e. The summed E-state index contributed by atoms with van der Waals surface area (Å²) >= 11 is 0. The monoisotopic (exact) mass is 144 g/mol. The van der Waals surface area contributed by atoms with Crippen LogP contribution in [0.2, 0.25) is 0 Å². The predicted molar refractivity (Wildman–Crippen MR) is 39.6 cm³/mol. The molecule has 0 aromatic heterocycles. The molecule has 2 nitrogen and oxygen atoms in total. The van der Waals surface area contributed by atoms with Crippen LogP contribution in [0.25, 0.3) is 0 Å². The zero-order valence-electron chi connectivity index (χ0n) is 6.83. The summed E-state index contributed by atoms with van der Waals surface area (Å²) in [6, 6.07) is 0. The second kappa shape index (κ2) is 2.21. The minimum atomic E-state index is -0.486. The third kappa shape index (κ3) is 1.18. The van der Waals surface area contributed by atoms with E-state index in [1.54, 1.807) is 0 Å². The quantitative estimate of drug-likeness (QED) is 0.527. The Labute approximate surface area is 61.9 Å². The number of aliphatic hydroxyl groups excluding tert-OH is 2. The van der Waals surface area contributed by atoms with E-state index >= 15 is 0 Å². The first-order valence-electron chi connectivity index (χ1n) is 3.79. The topological polar surface area (TPSA) is 40.5 Å². The molecule has 1 aliphatic rings. The number of aliphatic hydroxyl groups is 2. The van der Waals surface area contributed by atoms with Crippen LogP contribution in [0, 0.1) is 11.3 Å². The molecular weight excluding hydrogens is 128 g/mol. The Hall–Kier alpha value is -0.0800. The zero-order chi connectivity index (χ0) is 7.94. The van der Waals surface area contributed by atoms with Crippen LogP contribution in [0.1, 0.15) is 27.2 Å². The van der Waals surface area contributed by atoms with Crippen molar-refractivity contribution in [1.29, 1.82) is 0 Å². The van der Waals surface area contributed by atoms with Crippen LogP contribution in [0.3, 0.4) is 0 Å². The highest BCUT2D eigenvalue weighted by Gasteiger charge is 2.44. The minimum absolute atomic E-state index is 0.138. The van der Waals surface area contributed by atoms with Crippen LogP contribution in [-0.2, 0) is 0 Å². The van der Waals surface area contributed by atoms with Crippen molar-refractivity contribution >= 4 is 0 Å². The van der Waals surface area contributed by atoms with E-state index in [-0.39, 0.29) is 11.3 Å². The molecule has 3 atom stereocenters. The van der Waals surface area contributed by atoms with Gasteiger partial charge in [0.2, 0.25) is 0 Å². The van der Waals surface area contributed by atoms with Gasteiger partial charge in [-0.2, -0.15) is 0 Å². The molecule has 0 aromatic rings. The fourth-order valence-corrected chi connectivity index (χ4v) is 1.48. The molecule has 0 heterocycles. The highest BCUT2D eigenvalue weighted by Crippen LogP contribution is 2.41. The minimum Gasteiger partial charge on any atom is -0.390 e. The number of rotatable bonds is 0. The van der Waals surface area contributed by atoms with Gasteiger partial charge in [0.1, 0.15) is 0 Å². The Morgan fingerprint density at radius 2 is 1.70 bits per heavy atom.